The average Bonchev–Trinajstić information content (AvgIpc) is 3.10. The van der Waals surface area contributed by atoms with Gasteiger partial charge < -0.3 is 9.80 Å². The van der Waals surface area contributed by atoms with E-state index in [9.17, 15) is 0 Å². The van der Waals surface area contributed by atoms with Gasteiger partial charge in [0, 0.05) is 44.5 Å². The largest absolute Gasteiger partial charge is 0.378 e. The molecule has 250 valence electrons. The van der Waals surface area contributed by atoms with Gasteiger partial charge in [0.2, 0.25) is 0 Å². The van der Waals surface area contributed by atoms with Crippen LogP contribution in [0.25, 0.3) is 0 Å². The normalized spacial score (nSPS) is 12.5. The van der Waals surface area contributed by atoms with E-state index in [0.29, 0.717) is 16.7 Å². The molecule has 15 heteroatoms. The molecule has 0 aromatic heterocycles. The summed E-state index contributed by atoms with van der Waals surface area (Å²) in [7, 11) is 7.18. The number of azo groups is 2. The lowest BCUT2D eigenvalue weighted by Gasteiger charge is -2.34. The molecule has 1 aliphatic heterocycles. The molecule has 5 aromatic rings. The molecule has 0 radical (unpaired) electrons. The molecule has 0 N–H and O–H groups in total. The zero-order chi connectivity index (χ0) is 35.1. The predicted octanol–water partition coefficient (Wildman–Crippen LogP) is 11.6. The SMILES string of the molecule is CN(C)c1ccc(N=Nc2c(F)c(F)c(N3c4ccccc4Sc4c(F)c(F)c(N=Nc5ccc(N(C)C)cc5)c(F)c43)c(F)c2F)cc1. The molecule has 49 heavy (non-hydrogen) atoms. The quantitative estimate of drug-likeness (QED) is 0.0948. The molecule has 0 atom stereocenters. The Bertz CT molecular complexity index is 2110. The van der Waals surface area contributed by atoms with E-state index in [1.54, 1.807) is 62.3 Å². The second-order valence-electron chi connectivity index (χ2n) is 11.0. The molecule has 1 aliphatic rings. The van der Waals surface area contributed by atoms with E-state index in [4.69, 9.17) is 0 Å². The summed E-state index contributed by atoms with van der Waals surface area (Å²) < 4.78 is 110. The molecule has 0 unspecified atom stereocenters. The van der Waals surface area contributed by atoms with Crippen molar-refractivity contribution in [1.82, 2.24) is 0 Å². The molecule has 0 saturated carbocycles. The molecule has 0 bridgehead atoms. The van der Waals surface area contributed by atoms with E-state index >= 15 is 30.7 Å². The monoisotopic (exact) mass is 695 g/mol. The number of rotatable bonds is 7. The number of benzene rings is 5. The van der Waals surface area contributed by atoms with Crippen LogP contribution in [-0.4, -0.2) is 28.2 Å². The van der Waals surface area contributed by atoms with Crippen molar-refractivity contribution in [3.63, 3.8) is 0 Å². The van der Waals surface area contributed by atoms with E-state index < -0.39 is 68.4 Å². The molecule has 0 fully saturated rings. The predicted molar refractivity (Wildman–Crippen MR) is 175 cm³/mol. The summed E-state index contributed by atoms with van der Waals surface area (Å²) in [6.07, 6.45) is 0. The molecule has 1 heterocycles. The number of hydrogen-bond acceptors (Lipinski definition) is 8. The summed E-state index contributed by atoms with van der Waals surface area (Å²) in [6, 6.07) is 18.0. The molecule has 0 amide bonds. The minimum atomic E-state index is -1.99. The van der Waals surface area contributed by atoms with Crippen molar-refractivity contribution in [2.24, 2.45) is 20.5 Å². The third kappa shape index (κ3) is 6.05. The molecule has 0 spiro atoms. The van der Waals surface area contributed by atoms with Gasteiger partial charge in [-0.25, -0.2) is 30.7 Å². The second kappa shape index (κ2) is 13.2. The van der Waals surface area contributed by atoms with Crippen LogP contribution in [0.1, 0.15) is 0 Å². The summed E-state index contributed by atoms with van der Waals surface area (Å²) in [5.41, 5.74) is -3.34. The second-order valence-corrected chi connectivity index (χ2v) is 12.1. The third-order valence-corrected chi connectivity index (χ3v) is 8.62. The van der Waals surface area contributed by atoms with Crippen molar-refractivity contribution in [3.8, 4) is 0 Å². The maximum atomic E-state index is 16.3. The Balaban J connectivity index is 1.50. The highest BCUT2D eigenvalue weighted by Crippen LogP contribution is 2.57. The van der Waals surface area contributed by atoms with Crippen molar-refractivity contribution >= 4 is 62.9 Å². The Morgan fingerprint density at radius 3 is 1.43 bits per heavy atom. The van der Waals surface area contributed by atoms with E-state index in [-0.39, 0.29) is 22.0 Å². The van der Waals surface area contributed by atoms with Gasteiger partial charge >= 0.3 is 0 Å². The fourth-order valence-corrected chi connectivity index (χ4v) is 6.02. The van der Waals surface area contributed by atoms with Gasteiger partial charge in [0.1, 0.15) is 11.4 Å². The molecule has 6 rings (SSSR count). The van der Waals surface area contributed by atoms with Crippen LogP contribution in [0.4, 0.5) is 81.9 Å². The van der Waals surface area contributed by atoms with Gasteiger partial charge in [-0.05, 0) is 60.7 Å². The van der Waals surface area contributed by atoms with Gasteiger partial charge in [-0.3, -0.25) is 4.90 Å². The molecule has 7 nitrogen and oxygen atoms in total. The van der Waals surface area contributed by atoms with E-state index in [2.05, 4.69) is 20.5 Å². The van der Waals surface area contributed by atoms with Crippen LogP contribution in [0, 0.1) is 40.7 Å². The number of nitrogens with zero attached hydrogens (tertiary/aromatic N) is 7. The zero-order valence-corrected chi connectivity index (χ0v) is 26.9. The number of fused-ring (bicyclic) bond motifs is 2. The van der Waals surface area contributed by atoms with Gasteiger partial charge in [-0.15, -0.1) is 10.2 Å². The summed E-state index contributed by atoms with van der Waals surface area (Å²) in [4.78, 5) is 3.37. The Morgan fingerprint density at radius 1 is 0.490 bits per heavy atom. The van der Waals surface area contributed by atoms with Crippen LogP contribution in [0.15, 0.2) is 103 Å². The maximum absolute atomic E-state index is 16.3. The van der Waals surface area contributed by atoms with Crippen LogP contribution in [-0.2, 0) is 0 Å². The van der Waals surface area contributed by atoms with E-state index in [1.165, 1.54) is 48.5 Å². The van der Waals surface area contributed by atoms with Gasteiger partial charge in [0.15, 0.2) is 52.1 Å². The van der Waals surface area contributed by atoms with Gasteiger partial charge in [-0.2, -0.15) is 10.2 Å². The lowest BCUT2D eigenvalue weighted by atomic mass is 10.1. The van der Waals surface area contributed by atoms with Gasteiger partial charge in [0.25, 0.3) is 0 Å². The van der Waals surface area contributed by atoms with Crippen LogP contribution in [0.5, 0.6) is 0 Å². The Hall–Kier alpha value is -5.44. The van der Waals surface area contributed by atoms with Gasteiger partial charge in [-0.1, -0.05) is 23.9 Å². The van der Waals surface area contributed by atoms with E-state index in [1.807, 2.05) is 0 Å². The van der Waals surface area contributed by atoms with Crippen molar-refractivity contribution in [2.45, 2.75) is 9.79 Å². The standard InChI is InChI=1S/C34H24F7N7S/c1-46(2)19-13-9-17(10-14-19)42-44-30-23(35)26(38)32(27(39)24(30)36)48-21-7-5-6-8-22(21)49-34-28(40)25(37)31(29(41)33(34)48)45-43-18-11-15-20(16-12-18)47(3)4/h5-16H,1-4H3. The van der Waals surface area contributed by atoms with Crippen molar-refractivity contribution < 1.29 is 30.7 Å². The number of anilines is 5. The summed E-state index contributed by atoms with van der Waals surface area (Å²) >= 11 is 0.552. The summed E-state index contributed by atoms with van der Waals surface area (Å²) in [5.74, 6) is -12.8. The van der Waals surface area contributed by atoms with Crippen LogP contribution in [0.3, 0.4) is 0 Å². The Kier molecular flexibility index (Phi) is 9.03. The first kappa shape index (κ1) is 33.5. The first-order valence-corrected chi connectivity index (χ1v) is 15.2. The minimum absolute atomic E-state index is 0.0765. The highest BCUT2D eigenvalue weighted by atomic mass is 32.2. The number of halogens is 7. The molecular formula is C34H24F7N7S. The van der Waals surface area contributed by atoms with Crippen LogP contribution >= 0.6 is 11.8 Å². The van der Waals surface area contributed by atoms with Gasteiger partial charge in [0.05, 0.1) is 22.0 Å². The summed E-state index contributed by atoms with van der Waals surface area (Å²) in [6.45, 7) is 0. The first-order valence-electron chi connectivity index (χ1n) is 14.4. The molecular weight excluding hydrogens is 671 g/mol. The van der Waals surface area contributed by atoms with E-state index in [0.717, 1.165) is 11.4 Å². The first-order chi connectivity index (χ1) is 23.4. The highest BCUT2D eigenvalue weighted by Gasteiger charge is 2.39. The maximum Gasteiger partial charge on any atom is 0.191 e. The van der Waals surface area contributed by atoms with Crippen molar-refractivity contribution in [1.29, 1.82) is 0 Å². The topological polar surface area (TPSA) is 59.2 Å². The zero-order valence-electron chi connectivity index (χ0n) is 26.1. The molecule has 0 aliphatic carbocycles. The minimum Gasteiger partial charge on any atom is -0.378 e. The number of para-hydroxylation sites is 1. The summed E-state index contributed by atoms with van der Waals surface area (Å²) in [5, 5.41) is 14.5. The average molecular weight is 696 g/mol. The lowest BCUT2D eigenvalue weighted by molar-refractivity contribution is 0.457. The van der Waals surface area contributed by atoms with Crippen LogP contribution < -0.4 is 14.7 Å². The Morgan fingerprint density at radius 2 is 0.939 bits per heavy atom. The fraction of sp³-hybridized carbons (Fsp3) is 0.118. The fourth-order valence-electron chi connectivity index (χ4n) is 4.93. The molecule has 0 saturated heterocycles. The smallest absolute Gasteiger partial charge is 0.191 e. The highest BCUT2D eigenvalue weighted by molar-refractivity contribution is 7.99. The van der Waals surface area contributed by atoms with Crippen molar-refractivity contribution in [3.05, 3.63) is 114 Å². The van der Waals surface area contributed by atoms with Crippen LogP contribution in [0.2, 0.25) is 0 Å². The third-order valence-electron chi connectivity index (χ3n) is 7.48. The molecule has 5 aromatic carbocycles. The van der Waals surface area contributed by atoms with Crippen molar-refractivity contribution in [2.75, 3.05) is 42.9 Å². The number of hydrogen-bond donors (Lipinski definition) is 0. The lowest BCUT2D eigenvalue weighted by Crippen LogP contribution is -2.21. The Labute approximate surface area is 280 Å².